The highest BCUT2D eigenvalue weighted by atomic mass is 16.4. The first-order valence-corrected chi connectivity index (χ1v) is 5.76. The maximum Gasteiger partial charge on any atom is 0.354 e. The van der Waals surface area contributed by atoms with Crippen LogP contribution in [-0.2, 0) is 0 Å². The van der Waals surface area contributed by atoms with Gasteiger partial charge in [0.25, 0.3) is 0 Å². The predicted molar refractivity (Wildman–Crippen MR) is 63.2 cm³/mol. The summed E-state index contributed by atoms with van der Waals surface area (Å²) in [5.41, 5.74) is 0.973. The van der Waals surface area contributed by atoms with Gasteiger partial charge in [-0.3, -0.25) is 0 Å². The smallest absolute Gasteiger partial charge is 0.354 e. The van der Waals surface area contributed by atoms with Crippen LogP contribution in [0.25, 0.3) is 0 Å². The maximum atomic E-state index is 10.8. The van der Waals surface area contributed by atoms with Crippen molar-refractivity contribution in [2.24, 2.45) is 5.92 Å². The van der Waals surface area contributed by atoms with E-state index in [9.17, 15) is 4.79 Å². The number of carboxylic acid groups (broad SMARTS) is 1. The molecule has 0 saturated carbocycles. The van der Waals surface area contributed by atoms with Gasteiger partial charge in [-0.25, -0.2) is 9.78 Å². The molecule has 92 valence electrons. The number of hydrogen-bond acceptors (Lipinski definition) is 4. The number of piperidine rings is 1. The Hall–Kier alpha value is -1.62. The number of anilines is 1. The highest BCUT2D eigenvalue weighted by Crippen LogP contribution is 2.23. The Bertz CT molecular complexity index is 400. The van der Waals surface area contributed by atoms with Gasteiger partial charge in [-0.05, 0) is 30.9 Å². The third-order valence-electron chi connectivity index (χ3n) is 3.20. The molecule has 0 spiro atoms. The third-order valence-corrected chi connectivity index (χ3v) is 3.20. The van der Waals surface area contributed by atoms with Gasteiger partial charge in [-0.2, -0.15) is 0 Å². The Morgan fingerprint density at radius 2 is 2.18 bits per heavy atom. The SMILES string of the molecule is O=C(O)c1cc(N2CCC(CO)CC2)ccn1. The van der Waals surface area contributed by atoms with Crippen LogP contribution in [0.5, 0.6) is 0 Å². The van der Waals surface area contributed by atoms with Crippen molar-refractivity contribution < 1.29 is 15.0 Å². The number of carbonyl (C=O) groups is 1. The molecule has 0 radical (unpaired) electrons. The highest BCUT2D eigenvalue weighted by Gasteiger charge is 2.19. The van der Waals surface area contributed by atoms with Gasteiger partial charge < -0.3 is 15.1 Å². The summed E-state index contributed by atoms with van der Waals surface area (Å²) in [6, 6.07) is 3.42. The fourth-order valence-corrected chi connectivity index (χ4v) is 2.11. The van der Waals surface area contributed by atoms with Crippen molar-refractivity contribution in [2.45, 2.75) is 12.8 Å². The highest BCUT2D eigenvalue weighted by molar-refractivity contribution is 5.86. The van der Waals surface area contributed by atoms with Crippen molar-refractivity contribution in [3.63, 3.8) is 0 Å². The summed E-state index contributed by atoms with van der Waals surface area (Å²) in [5, 5.41) is 17.9. The molecule has 17 heavy (non-hydrogen) atoms. The van der Waals surface area contributed by atoms with Crippen LogP contribution in [0.3, 0.4) is 0 Å². The lowest BCUT2D eigenvalue weighted by Gasteiger charge is -2.32. The molecule has 2 rings (SSSR count). The molecule has 1 aromatic rings. The average Bonchev–Trinajstić information content (AvgIpc) is 2.39. The first kappa shape index (κ1) is 11.9. The van der Waals surface area contributed by atoms with E-state index in [1.165, 1.54) is 6.20 Å². The number of hydrogen-bond donors (Lipinski definition) is 2. The van der Waals surface area contributed by atoms with E-state index in [1.807, 2.05) is 6.07 Å². The number of carboxylic acids is 1. The Morgan fingerprint density at radius 1 is 1.47 bits per heavy atom. The van der Waals surface area contributed by atoms with Crippen LogP contribution in [0.2, 0.25) is 0 Å². The molecule has 5 heteroatoms. The van der Waals surface area contributed by atoms with E-state index in [-0.39, 0.29) is 12.3 Å². The molecule has 2 heterocycles. The van der Waals surface area contributed by atoms with Gasteiger partial charge in [0, 0.05) is 31.6 Å². The first-order chi connectivity index (χ1) is 8.20. The monoisotopic (exact) mass is 236 g/mol. The third kappa shape index (κ3) is 2.74. The number of aliphatic hydroxyl groups excluding tert-OH is 1. The van der Waals surface area contributed by atoms with E-state index >= 15 is 0 Å². The van der Waals surface area contributed by atoms with Crippen molar-refractivity contribution >= 4 is 11.7 Å². The minimum absolute atomic E-state index is 0.0757. The van der Waals surface area contributed by atoms with Crippen molar-refractivity contribution in [3.05, 3.63) is 24.0 Å². The maximum absolute atomic E-state index is 10.8. The molecule has 1 fully saturated rings. The summed E-state index contributed by atoms with van der Waals surface area (Å²) in [6.07, 6.45) is 3.42. The van der Waals surface area contributed by atoms with E-state index < -0.39 is 5.97 Å². The number of aromatic nitrogens is 1. The van der Waals surface area contributed by atoms with Gasteiger partial charge in [0.05, 0.1) is 0 Å². The Kier molecular flexibility index (Phi) is 3.58. The van der Waals surface area contributed by atoms with E-state index in [1.54, 1.807) is 6.07 Å². The second-order valence-electron chi connectivity index (χ2n) is 4.32. The molecule has 0 unspecified atom stereocenters. The minimum Gasteiger partial charge on any atom is -0.477 e. The van der Waals surface area contributed by atoms with Crippen molar-refractivity contribution in [2.75, 3.05) is 24.6 Å². The summed E-state index contributed by atoms with van der Waals surface area (Å²) in [4.78, 5) is 16.8. The summed E-state index contributed by atoms with van der Waals surface area (Å²) < 4.78 is 0. The molecule has 1 aromatic heterocycles. The van der Waals surface area contributed by atoms with Gasteiger partial charge in [-0.15, -0.1) is 0 Å². The molecule has 5 nitrogen and oxygen atoms in total. The standard InChI is InChI=1S/C12H16N2O3/c15-8-9-2-5-14(6-3-9)10-1-4-13-11(7-10)12(16)17/h1,4,7,9,15H,2-3,5-6,8H2,(H,16,17). The largest absolute Gasteiger partial charge is 0.477 e. The molecule has 0 aliphatic carbocycles. The Balaban J connectivity index is 2.08. The van der Waals surface area contributed by atoms with Crippen LogP contribution in [0.15, 0.2) is 18.3 Å². The Morgan fingerprint density at radius 3 is 2.76 bits per heavy atom. The molecule has 0 aromatic carbocycles. The normalized spacial score (nSPS) is 17.1. The molecule has 0 atom stereocenters. The number of nitrogens with zero attached hydrogens (tertiary/aromatic N) is 2. The molecular weight excluding hydrogens is 220 g/mol. The second-order valence-corrected chi connectivity index (χ2v) is 4.32. The van der Waals surface area contributed by atoms with Crippen molar-refractivity contribution in [3.8, 4) is 0 Å². The topological polar surface area (TPSA) is 73.7 Å². The molecule has 1 aliphatic rings. The molecule has 1 saturated heterocycles. The molecule has 2 N–H and O–H groups in total. The molecule has 1 aliphatic heterocycles. The summed E-state index contributed by atoms with van der Waals surface area (Å²) in [5.74, 6) is -0.621. The van der Waals surface area contributed by atoms with Crippen molar-refractivity contribution in [1.29, 1.82) is 0 Å². The number of aliphatic hydroxyl groups is 1. The predicted octanol–water partition coefficient (Wildman–Crippen LogP) is 0.988. The average molecular weight is 236 g/mol. The second kappa shape index (κ2) is 5.14. The van der Waals surface area contributed by atoms with Gasteiger partial charge >= 0.3 is 5.97 Å². The van der Waals surface area contributed by atoms with Crippen LogP contribution >= 0.6 is 0 Å². The number of aromatic carboxylic acids is 1. The number of pyridine rings is 1. The van der Waals surface area contributed by atoms with Crippen LogP contribution in [0, 0.1) is 5.92 Å². The van der Waals surface area contributed by atoms with E-state index in [0.29, 0.717) is 5.92 Å². The first-order valence-electron chi connectivity index (χ1n) is 5.76. The quantitative estimate of drug-likeness (QED) is 0.818. The lowest BCUT2D eigenvalue weighted by molar-refractivity contribution is 0.0690. The molecule has 0 amide bonds. The van der Waals surface area contributed by atoms with Crippen molar-refractivity contribution in [1.82, 2.24) is 4.98 Å². The van der Waals surface area contributed by atoms with Crippen LogP contribution in [0.1, 0.15) is 23.3 Å². The van der Waals surface area contributed by atoms with Gasteiger partial charge in [0.1, 0.15) is 5.69 Å². The van der Waals surface area contributed by atoms with Crippen LogP contribution in [0.4, 0.5) is 5.69 Å². The summed E-state index contributed by atoms with van der Waals surface area (Å²) >= 11 is 0. The van der Waals surface area contributed by atoms with Gasteiger partial charge in [-0.1, -0.05) is 0 Å². The number of rotatable bonds is 3. The Labute approximate surface area is 99.7 Å². The van der Waals surface area contributed by atoms with E-state index in [4.69, 9.17) is 10.2 Å². The fourth-order valence-electron chi connectivity index (χ4n) is 2.11. The lowest BCUT2D eigenvalue weighted by atomic mass is 9.97. The zero-order valence-corrected chi connectivity index (χ0v) is 9.54. The minimum atomic E-state index is -1.00. The van der Waals surface area contributed by atoms with Gasteiger partial charge in [0.2, 0.25) is 0 Å². The van der Waals surface area contributed by atoms with Gasteiger partial charge in [0.15, 0.2) is 0 Å². The molecular formula is C12H16N2O3. The lowest BCUT2D eigenvalue weighted by Crippen LogP contribution is -2.34. The summed E-state index contributed by atoms with van der Waals surface area (Å²) in [6.45, 7) is 1.95. The fraction of sp³-hybridized carbons (Fsp3) is 0.500. The van der Waals surface area contributed by atoms with E-state index in [0.717, 1.165) is 31.6 Å². The summed E-state index contributed by atoms with van der Waals surface area (Å²) in [7, 11) is 0. The van der Waals surface area contributed by atoms with E-state index in [2.05, 4.69) is 9.88 Å². The zero-order valence-electron chi connectivity index (χ0n) is 9.54. The zero-order chi connectivity index (χ0) is 12.3. The van der Waals surface area contributed by atoms with Crippen LogP contribution < -0.4 is 4.90 Å². The molecule has 0 bridgehead atoms. The van der Waals surface area contributed by atoms with Crippen LogP contribution in [-0.4, -0.2) is 40.9 Å².